The van der Waals surface area contributed by atoms with Crippen LogP contribution in [0.3, 0.4) is 0 Å². The van der Waals surface area contributed by atoms with Crippen LogP contribution in [0.2, 0.25) is 0 Å². The van der Waals surface area contributed by atoms with Crippen LogP contribution < -0.4 is 4.90 Å². The molecular weight excluding hydrogens is 270 g/mol. The molecule has 1 aromatic carbocycles. The lowest BCUT2D eigenvalue weighted by molar-refractivity contribution is -0.135. The van der Waals surface area contributed by atoms with Crippen molar-refractivity contribution in [1.82, 2.24) is 20.2 Å². The fourth-order valence-corrected chi connectivity index (χ4v) is 2.82. The molecule has 0 unspecified atom stereocenters. The summed E-state index contributed by atoms with van der Waals surface area (Å²) in [4.78, 5) is 13.0. The molecule has 1 heterocycles. The average molecular weight is 287 g/mol. The van der Waals surface area contributed by atoms with E-state index in [4.69, 9.17) is 0 Å². The molecule has 3 rings (SSSR count). The Hall–Kier alpha value is -2.44. The lowest BCUT2D eigenvalue weighted by Gasteiger charge is -2.27. The molecule has 21 heavy (non-hydrogen) atoms. The van der Waals surface area contributed by atoms with Gasteiger partial charge < -0.3 is 10.0 Å². The van der Waals surface area contributed by atoms with Gasteiger partial charge in [0.05, 0.1) is 5.69 Å². The van der Waals surface area contributed by atoms with Crippen molar-refractivity contribution in [2.45, 2.75) is 31.7 Å². The van der Waals surface area contributed by atoms with Crippen LogP contribution in [0, 0.1) is 0 Å². The van der Waals surface area contributed by atoms with Crippen LogP contribution in [-0.2, 0) is 4.79 Å². The summed E-state index contributed by atoms with van der Waals surface area (Å²) in [5, 5.41) is 21.0. The number of rotatable bonds is 5. The molecule has 1 aliphatic carbocycles. The van der Waals surface area contributed by atoms with Gasteiger partial charge in [0.2, 0.25) is 0 Å². The van der Waals surface area contributed by atoms with E-state index in [0.717, 1.165) is 31.4 Å². The van der Waals surface area contributed by atoms with Crippen molar-refractivity contribution in [1.29, 1.82) is 0 Å². The maximum absolute atomic E-state index is 11.2. The normalized spacial score (nSPS) is 15.2. The zero-order chi connectivity index (χ0) is 14.7. The minimum absolute atomic E-state index is 0.0854. The van der Waals surface area contributed by atoms with E-state index in [1.54, 1.807) is 4.68 Å². The summed E-state index contributed by atoms with van der Waals surface area (Å²) in [7, 11) is 0. The van der Waals surface area contributed by atoms with Crippen LogP contribution in [0.5, 0.6) is 0 Å². The predicted octanol–water partition coefficient (Wildman–Crippen LogP) is 1.50. The molecule has 7 nitrogen and oxygen atoms in total. The van der Waals surface area contributed by atoms with E-state index in [1.165, 1.54) is 0 Å². The van der Waals surface area contributed by atoms with E-state index >= 15 is 0 Å². The molecule has 7 heteroatoms. The number of carbonyl (C=O) groups is 1. The van der Waals surface area contributed by atoms with Gasteiger partial charge in [-0.2, -0.15) is 4.68 Å². The monoisotopic (exact) mass is 287 g/mol. The van der Waals surface area contributed by atoms with Crippen LogP contribution in [0.25, 0.3) is 5.69 Å². The van der Waals surface area contributed by atoms with Gasteiger partial charge in [-0.05, 0) is 35.4 Å². The second kappa shape index (κ2) is 5.90. The van der Waals surface area contributed by atoms with E-state index in [0.29, 0.717) is 5.95 Å². The van der Waals surface area contributed by atoms with Crippen molar-refractivity contribution in [3.63, 3.8) is 0 Å². The highest BCUT2D eigenvalue weighted by atomic mass is 16.4. The summed E-state index contributed by atoms with van der Waals surface area (Å²) in [5.74, 6) is -0.375. The van der Waals surface area contributed by atoms with Crippen molar-refractivity contribution < 1.29 is 9.90 Å². The van der Waals surface area contributed by atoms with Crippen molar-refractivity contribution in [2.24, 2.45) is 0 Å². The summed E-state index contributed by atoms with van der Waals surface area (Å²) in [6.07, 6.45) is 4.20. The van der Waals surface area contributed by atoms with Crippen LogP contribution in [0.1, 0.15) is 25.7 Å². The number of tetrazole rings is 1. The van der Waals surface area contributed by atoms with Crippen molar-refractivity contribution in [2.75, 3.05) is 11.4 Å². The summed E-state index contributed by atoms with van der Waals surface area (Å²) < 4.78 is 1.60. The van der Waals surface area contributed by atoms with Gasteiger partial charge in [-0.1, -0.05) is 36.1 Å². The van der Waals surface area contributed by atoms with E-state index in [1.807, 2.05) is 35.2 Å². The molecule has 0 radical (unpaired) electrons. The Labute approximate surface area is 122 Å². The molecule has 0 saturated heterocycles. The molecule has 1 aliphatic rings. The van der Waals surface area contributed by atoms with Gasteiger partial charge in [0.1, 0.15) is 6.54 Å². The van der Waals surface area contributed by atoms with Gasteiger partial charge in [0.25, 0.3) is 5.95 Å². The zero-order valence-electron chi connectivity index (χ0n) is 11.6. The van der Waals surface area contributed by atoms with Gasteiger partial charge in [0, 0.05) is 6.04 Å². The number of nitrogens with zero attached hydrogens (tertiary/aromatic N) is 5. The third-order valence-electron chi connectivity index (χ3n) is 3.78. The highest BCUT2D eigenvalue weighted by Gasteiger charge is 2.28. The lowest BCUT2D eigenvalue weighted by Crippen LogP contribution is -2.39. The lowest BCUT2D eigenvalue weighted by atomic mass is 10.2. The largest absolute Gasteiger partial charge is 0.480 e. The van der Waals surface area contributed by atoms with Gasteiger partial charge in [-0.15, -0.1) is 0 Å². The molecule has 1 N–H and O–H groups in total. The first-order valence-corrected chi connectivity index (χ1v) is 7.08. The topological polar surface area (TPSA) is 84.1 Å². The summed E-state index contributed by atoms with van der Waals surface area (Å²) in [5.41, 5.74) is 0.825. The Morgan fingerprint density at radius 2 is 2.00 bits per heavy atom. The molecule has 0 spiro atoms. The van der Waals surface area contributed by atoms with Crippen LogP contribution >= 0.6 is 0 Å². The fourth-order valence-electron chi connectivity index (χ4n) is 2.82. The first-order chi connectivity index (χ1) is 10.3. The molecule has 1 saturated carbocycles. The molecular formula is C14H17N5O2. The number of aliphatic carboxylic acids is 1. The summed E-state index contributed by atoms with van der Waals surface area (Å²) in [6.45, 7) is -0.0854. The molecule has 0 aliphatic heterocycles. The molecule has 2 aromatic rings. The third-order valence-corrected chi connectivity index (χ3v) is 3.78. The van der Waals surface area contributed by atoms with Gasteiger partial charge in [0.15, 0.2) is 0 Å². The standard InChI is InChI=1S/C14H17N5O2/c20-13(21)10-18(11-6-4-5-7-11)14-15-16-17-19(14)12-8-2-1-3-9-12/h1-3,8-9,11H,4-7,10H2,(H,20,21). The molecule has 0 atom stereocenters. The number of anilines is 1. The minimum Gasteiger partial charge on any atom is -0.480 e. The molecule has 1 fully saturated rings. The number of para-hydroxylation sites is 1. The van der Waals surface area contributed by atoms with Gasteiger partial charge in [-0.3, -0.25) is 4.79 Å². The number of hydrogen-bond acceptors (Lipinski definition) is 5. The van der Waals surface area contributed by atoms with E-state index in [9.17, 15) is 9.90 Å². The first kappa shape index (κ1) is 13.5. The maximum Gasteiger partial charge on any atom is 0.323 e. The van der Waals surface area contributed by atoms with Crippen LogP contribution in [0.15, 0.2) is 30.3 Å². The Balaban J connectivity index is 1.96. The second-order valence-electron chi connectivity index (χ2n) is 5.19. The number of aromatic nitrogens is 4. The van der Waals surface area contributed by atoms with Crippen LogP contribution in [0.4, 0.5) is 5.95 Å². The van der Waals surface area contributed by atoms with Crippen LogP contribution in [-0.4, -0.2) is 43.9 Å². The average Bonchev–Trinajstić information content (AvgIpc) is 3.17. The van der Waals surface area contributed by atoms with Gasteiger partial charge >= 0.3 is 5.97 Å². The highest BCUT2D eigenvalue weighted by Crippen LogP contribution is 2.27. The maximum atomic E-state index is 11.2. The Morgan fingerprint density at radius 3 is 2.67 bits per heavy atom. The number of carboxylic acids is 1. The quantitative estimate of drug-likeness (QED) is 0.897. The van der Waals surface area contributed by atoms with E-state index < -0.39 is 5.97 Å². The second-order valence-corrected chi connectivity index (χ2v) is 5.19. The molecule has 0 amide bonds. The first-order valence-electron chi connectivity index (χ1n) is 7.08. The number of hydrogen-bond donors (Lipinski definition) is 1. The van der Waals surface area contributed by atoms with E-state index in [2.05, 4.69) is 15.5 Å². The smallest absolute Gasteiger partial charge is 0.323 e. The Morgan fingerprint density at radius 1 is 1.29 bits per heavy atom. The Kier molecular flexibility index (Phi) is 3.81. The predicted molar refractivity (Wildman–Crippen MR) is 76.4 cm³/mol. The molecule has 1 aromatic heterocycles. The van der Waals surface area contributed by atoms with E-state index in [-0.39, 0.29) is 12.6 Å². The van der Waals surface area contributed by atoms with Crippen molar-refractivity contribution in [3.05, 3.63) is 30.3 Å². The number of carboxylic acid groups (broad SMARTS) is 1. The van der Waals surface area contributed by atoms with Gasteiger partial charge in [-0.25, -0.2) is 0 Å². The van der Waals surface area contributed by atoms with Crippen molar-refractivity contribution in [3.8, 4) is 5.69 Å². The summed E-state index contributed by atoms with van der Waals surface area (Å²) in [6, 6.07) is 9.70. The molecule has 110 valence electrons. The fraction of sp³-hybridized carbons (Fsp3) is 0.429. The SMILES string of the molecule is O=C(O)CN(c1nnnn1-c1ccccc1)C1CCCC1. The summed E-state index contributed by atoms with van der Waals surface area (Å²) >= 11 is 0. The third kappa shape index (κ3) is 2.86. The molecule has 0 bridgehead atoms. The van der Waals surface area contributed by atoms with Crippen molar-refractivity contribution >= 4 is 11.9 Å². The number of benzene rings is 1. The Bertz CT molecular complexity index is 607. The highest BCUT2D eigenvalue weighted by molar-refractivity contribution is 5.73. The minimum atomic E-state index is -0.871. The zero-order valence-corrected chi connectivity index (χ0v) is 11.6.